The van der Waals surface area contributed by atoms with E-state index in [-0.39, 0.29) is 0 Å². The highest BCUT2D eigenvalue weighted by molar-refractivity contribution is 6.37. The van der Waals surface area contributed by atoms with E-state index in [1.54, 1.807) is 12.1 Å². The van der Waals surface area contributed by atoms with Gasteiger partial charge in [-0.3, -0.25) is 4.79 Å². The average molecular weight is 221 g/mol. The monoisotopic (exact) mass is 221 g/mol. The second kappa shape index (κ2) is 5.90. The highest BCUT2D eigenvalue weighted by Crippen LogP contribution is 2.10. The lowest BCUT2D eigenvalue weighted by atomic mass is 10.1. The second-order valence-corrected chi connectivity index (χ2v) is 3.39. The maximum absolute atomic E-state index is 11.2. The van der Waals surface area contributed by atoms with Crippen molar-refractivity contribution >= 4 is 17.6 Å². The predicted molar refractivity (Wildman–Crippen MR) is 61.1 cm³/mol. The summed E-state index contributed by atoms with van der Waals surface area (Å²) in [5.74, 6) is -1.65. The Bertz CT molecular complexity index is 370. The topological polar surface area (TPSA) is 55.4 Å². The molecule has 0 saturated carbocycles. The van der Waals surface area contributed by atoms with Crippen LogP contribution in [0.3, 0.4) is 0 Å². The molecule has 0 aromatic heterocycles. The van der Waals surface area contributed by atoms with Gasteiger partial charge in [0.25, 0.3) is 0 Å². The van der Waals surface area contributed by atoms with Crippen LogP contribution in [0, 0.1) is 0 Å². The Kier molecular flexibility index (Phi) is 4.51. The summed E-state index contributed by atoms with van der Waals surface area (Å²) >= 11 is 0. The molecular formula is C12H15NO3. The summed E-state index contributed by atoms with van der Waals surface area (Å²) in [6.45, 7) is 2.10. The summed E-state index contributed by atoms with van der Waals surface area (Å²) in [5.41, 5.74) is 1.80. The summed E-state index contributed by atoms with van der Waals surface area (Å²) in [4.78, 5) is 22.0. The highest BCUT2D eigenvalue weighted by atomic mass is 16.5. The van der Waals surface area contributed by atoms with E-state index in [1.807, 2.05) is 12.1 Å². The van der Waals surface area contributed by atoms with Gasteiger partial charge in [-0.15, -0.1) is 0 Å². The van der Waals surface area contributed by atoms with Crippen LogP contribution < -0.4 is 5.32 Å². The van der Waals surface area contributed by atoms with Gasteiger partial charge in [0.2, 0.25) is 0 Å². The zero-order valence-corrected chi connectivity index (χ0v) is 9.45. The molecule has 0 radical (unpaired) electrons. The number of carbonyl (C=O) groups excluding carboxylic acids is 2. The van der Waals surface area contributed by atoms with Gasteiger partial charge in [-0.25, -0.2) is 4.79 Å². The fraction of sp³-hybridized carbons (Fsp3) is 0.333. The molecule has 0 saturated heterocycles. The summed E-state index contributed by atoms with van der Waals surface area (Å²) in [6, 6.07) is 7.39. The van der Waals surface area contributed by atoms with Crippen molar-refractivity contribution in [2.45, 2.75) is 19.8 Å². The van der Waals surface area contributed by atoms with E-state index in [0.717, 1.165) is 12.8 Å². The molecule has 0 bridgehead atoms. The van der Waals surface area contributed by atoms with Crippen molar-refractivity contribution in [1.29, 1.82) is 0 Å². The van der Waals surface area contributed by atoms with Crippen LogP contribution in [0.5, 0.6) is 0 Å². The highest BCUT2D eigenvalue weighted by Gasteiger charge is 2.13. The molecule has 0 unspecified atom stereocenters. The third kappa shape index (κ3) is 3.38. The Balaban J connectivity index is 2.61. The number of rotatable bonds is 3. The molecule has 4 nitrogen and oxygen atoms in total. The lowest BCUT2D eigenvalue weighted by Gasteiger charge is -2.04. The third-order valence-electron chi connectivity index (χ3n) is 2.12. The van der Waals surface area contributed by atoms with Gasteiger partial charge in [-0.2, -0.15) is 0 Å². The Morgan fingerprint density at radius 2 is 1.88 bits per heavy atom. The van der Waals surface area contributed by atoms with Gasteiger partial charge in [-0.1, -0.05) is 25.5 Å². The first-order chi connectivity index (χ1) is 7.67. The van der Waals surface area contributed by atoms with E-state index < -0.39 is 11.9 Å². The SMILES string of the molecule is CCCc1ccc(NC(=O)C(=O)OC)cc1. The molecule has 0 atom stereocenters. The molecule has 1 aromatic rings. The first-order valence-electron chi connectivity index (χ1n) is 5.15. The van der Waals surface area contributed by atoms with Crippen molar-refractivity contribution in [1.82, 2.24) is 0 Å². The number of methoxy groups -OCH3 is 1. The molecule has 4 heteroatoms. The fourth-order valence-electron chi connectivity index (χ4n) is 1.32. The van der Waals surface area contributed by atoms with Crippen molar-refractivity contribution in [2.24, 2.45) is 0 Å². The summed E-state index contributed by atoms with van der Waals surface area (Å²) in [5, 5.41) is 2.45. The van der Waals surface area contributed by atoms with Crippen LogP contribution >= 0.6 is 0 Å². The minimum absolute atomic E-state index is 0.593. The number of nitrogens with one attached hydrogen (secondary N) is 1. The first-order valence-corrected chi connectivity index (χ1v) is 5.15. The molecular weight excluding hydrogens is 206 g/mol. The minimum Gasteiger partial charge on any atom is -0.462 e. The van der Waals surface area contributed by atoms with Crippen LogP contribution in [0.25, 0.3) is 0 Å². The van der Waals surface area contributed by atoms with Crippen LogP contribution in [0.2, 0.25) is 0 Å². The lowest BCUT2D eigenvalue weighted by molar-refractivity contribution is -0.150. The molecule has 1 amide bonds. The normalized spacial score (nSPS) is 9.62. The maximum atomic E-state index is 11.2. The number of hydrogen-bond acceptors (Lipinski definition) is 3. The van der Waals surface area contributed by atoms with Crippen LogP contribution in [0.1, 0.15) is 18.9 Å². The smallest absolute Gasteiger partial charge is 0.396 e. The zero-order chi connectivity index (χ0) is 12.0. The van der Waals surface area contributed by atoms with Crippen LogP contribution in [0.15, 0.2) is 24.3 Å². The molecule has 0 fully saturated rings. The van der Waals surface area contributed by atoms with E-state index in [9.17, 15) is 9.59 Å². The fourth-order valence-corrected chi connectivity index (χ4v) is 1.32. The molecule has 0 heterocycles. The second-order valence-electron chi connectivity index (χ2n) is 3.39. The minimum atomic E-state index is -0.891. The molecule has 0 aliphatic heterocycles. The van der Waals surface area contributed by atoms with Crippen molar-refractivity contribution in [2.75, 3.05) is 12.4 Å². The average Bonchev–Trinajstić information content (AvgIpc) is 2.31. The van der Waals surface area contributed by atoms with Crippen molar-refractivity contribution < 1.29 is 14.3 Å². The number of aryl methyl sites for hydroxylation is 1. The Labute approximate surface area is 94.6 Å². The zero-order valence-electron chi connectivity index (χ0n) is 9.45. The van der Waals surface area contributed by atoms with Gasteiger partial charge < -0.3 is 10.1 Å². The van der Waals surface area contributed by atoms with Gasteiger partial charge in [0.15, 0.2) is 0 Å². The number of ether oxygens (including phenoxy) is 1. The van der Waals surface area contributed by atoms with E-state index >= 15 is 0 Å². The molecule has 86 valence electrons. The van der Waals surface area contributed by atoms with E-state index in [2.05, 4.69) is 17.0 Å². The third-order valence-corrected chi connectivity index (χ3v) is 2.12. The van der Waals surface area contributed by atoms with Crippen molar-refractivity contribution in [3.8, 4) is 0 Å². The number of amides is 1. The summed E-state index contributed by atoms with van der Waals surface area (Å²) in [6.07, 6.45) is 2.08. The summed E-state index contributed by atoms with van der Waals surface area (Å²) in [7, 11) is 1.17. The van der Waals surface area contributed by atoms with E-state index in [1.165, 1.54) is 12.7 Å². The Morgan fingerprint density at radius 3 is 2.38 bits per heavy atom. The molecule has 0 aliphatic carbocycles. The Hall–Kier alpha value is -1.84. The number of hydrogen-bond donors (Lipinski definition) is 1. The van der Waals surface area contributed by atoms with Gasteiger partial charge in [0.05, 0.1) is 7.11 Å². The standard InChI is InChI=1S/C12H15NO3/c1-3-4-9-5-7-10(8-6-9)13-11(14)12(15)16-2/h5-8H,3-4H2,1-2H3,(H,13,14). The first kappa shape index (κ1) is 12.2. The number of anilines is 1. The van der Waals surface area contributed by atoms with E-state index in [0.29, 0.717) is 5.69 Å². The molecule has 1 rings (SSSR count). The van der Waals surface area contributed by atoms with Crippen LogP contribution in [0.4, 0.5) is 5.69 Å². The number of benzene rings is 1. The van der Waals surface area contributed by atoms with Crippen molar-refractivity contribution in [3.05, 3.63) is 29.8 Å². The number of esters is 1. The summed E-state index contributed by atoms with van der Waals surface area (Å²) < 4.78 is 4.30. The molecule has 0 aliphatic rings. The lowest BCUT2D eigenvalue weighted by Crippen LogP contribution is -2.23. The quantitative estimate of drug-likeness (QED) is 0.625. The Morgan fingerprint density at radius 1 is 1.25 bits per heavy atom. The van der Waals surface area contributed by atoms with E-state index in [4.69, 9.17) is 0 Å². The molecule has 0 spiro atoms. The van der Waals surface area contributed by atoms with Crippen molar-refractivity contribution in [3.63, 3.8) is 0 Å². The van der Waals surface area contributed by atoms with Gasteiger partial charge in [0.1, 0.15) is 0 Å². The molecule has 16 heavy (non-hydrogen) atoms. The largest absolute Gasteiger partial charge is 0.462 e. The van der Waals surface area contributed by atoms with Gasteiger partial charge in [0, 0.05) is 5.69 Å². The van der Waals surface area contributed by atoms with Crippen LogP contribution in [-0.2, 0) is 20.7 Å². The number of carbonyl (C=O) groups is 2. The van der Waals surface area contributed by atoms with Gasteiger partial charge in [-0.05, 0) is 24.1 Å². The van der Waals surface area contributed by atoms with Crippen LogP contribution in [-0.4, -0.2) is 19.0 Å². The molecule has 1 N–H and O–H groups in total. The maximum Gasteiger partial charge on any atom is 0.396 e. The molecule has 1 aromatic carbocycles. The predicted octanol–water partition coefficient (Wildman–Crippen LogP) is 1.75. The van der Waals surface area contributed by atoms with Gasteiger partial charge >= 0.3 is 11.9 Å².